The van der Waals surface area contributed by atoms with E-state index in [1.165, 1.54) is 5.56 Å². The molecule has 1 fully saturated rings. The van der Waals surface area contributed by atoms with E-state index in [1.807, 2.05) is 12.1 Å². The number of nitrogens with one attached hydrogen (secondary N) is 1. The number of carbonyl (C=O) groups excluding carboxylic acids is 1. The Balaban J connectivity index is 1.67. The van der Waals surface area contributed by atoms with Crippen molar-refractivity contribution in [1.29, 1.82) is 0 Å². The van der Waals surface area contributed by atoms with Crippen LogP contribution in [0.1, 0.15) is 38.7 Å². The lowest BCUT2D eigenvalue weighted by Gasteiger charge is -2.32. The van der Waals surface area contributed by atoms with Crippen molar-refractivity contribution in [1.82, 2.24) is 10.2 Å². The van der Waals surface area contributed by atoms with Crippen LogP contribution >= 0.6 is 11.6 Å². The van der Waals surface area contributed by atoms with Crippen LogP contribution in [0.25, 0.3) is 0 Å². The second-order valence-corrected chi connectivity index (χ2v) is 7.76. The first-order valence-electron chi connectivity index (χ1n) is 8.94. The minimum absolute atomic E-state index is 0.00714. The van der Waals surface area contributed by atoms with Crippen molar-refractivity contribution in [2.24, 2.45) is 17.6 Å². The molecular formula is C19H30ClN3O. The summed E-state index contributed by atoms with van der Waals surface area (Å²) in [5, 5.41) is 3.81. The molecule has 0 bridgehead atoms. The van der Waals surface area contributed by atoms with Gasteiger partial charge < -0.3 is 11.1 Å². The Morgan fingerprint density at radius 2 is 1.92 bits per heavy atom. The normalized spacial score (nSPS) is 17.9. The van der Waals surface area contributed by atoms with Crippen molar-refractivity contribution >= 4 is 17.5 Å². The maximum Gasteiger partial charge on any atom is 0.236 e. The minimum atomic E-state index is -0.380. The van der Waals surface area contributed by atoms with Crippen LogP contribution in [0, 0.1) is 11.8 Å². The van der Waals surface area contributed by atoms with Crippen molar-refractivity contribution in [2.75, 3.05) is 19.6 Å². The summed E-state index contributed by atoms with van der Waals surface area (Å²) in [7, 11) is 0. The zero-order valence-corrected chi connectivity index (χ0v) is 15.6. The highest BCUT2D eigenvalue weighted by Crippen LogP contribution is 2.19. The second kappa shape index (κ2) is 9.40. The quantitative estimate of drug-likeness (QED) is 0.793. The molecular weight excluding hydrogens is 322 g/mol. The van der Waals surface area contributed by atoms with Gasteiger partial charge >= 0.3 is 0 Å². The molecule has 1 amide bonds. The van der Waals surface area contributed by atoms with E-state index >= 15 is 0 Å². The zero-order chi connectivity index (χ0) is 17.5. The first-order valence-corrected chi connectivity index (χ1v) is 9.32. The van der Waals surface area contributed by atoms with Gasteiger partial charge in [-0.25, -0.2) is 0 Å². The molecule has 4 nitrogen and oxygen atoms in total. The Bertz CT molecular complexity index is 510. The number of nitrogens with two attached hydrogens (primary N) is 1. The standard InChI is InChI=1S/C19H30ClN3O/c1-14(2)11-18(21)19(24)22-12-15-7-9-23(10-8-15)13-16-3-5-17(20)6-4-16/h3-6,14-15,18H,7-13,21H2,1-2H3,(H,22,24). The number of halogens is 1. The van der Waals surface area contributed by atoms with E-state index < -0.39 is 0 Å². The second-order valence-electron chi connectivity index (χ2n) is 7.33. The van der Waals surface area contributed by atoms with Crippen LogP contribution in [0.4, 0.5) is 0 Å². The molecule has 0 aromatic heterocycles. The van der Waals surface area contributed by atoms with E-state index in [4.69, 9.17) is 17.3 Å². The van der Waals surface area contributed by atoms with Gasteiger partial charge in [-0.15, -0.1) is 0 Å². The van der Waals surface area contributed by atoms with Crippen LogP contribution in [-0.4, -0.2) is 36.5 Å². The molecule has 1 aliphatic rings. The summed E-state index contributed by atoms with van der Waals surface area (Å²) in [6, 6.07) is 7.68. The summed E-state index contributed by atoms with van der Waals surface area (Å²) in [6.45, 7) is 8.03. The van der Waals surface area contributed by atoms with Gasteiger partial charge in [0, 0.05) is 18.1 Å². The van der Waals surface area contributed by atoms with Crippen molar-refractivity contribution < 1.29 is 4.79 Å². The largest absolute Gasteiger partial charge is 0.354 e. The van der Waals surface area contributed by atoms with E-state index in [-0.39, 0.29) is 11.9 Å². The van der Waals surface area contributed by atoms with Crippen LogP contribution < -0.4 is 11.1 Å². The lowest BCUT2D eigenvalue weighted by Crippen LogP contribution is -2.44. The molecule has 24 heavy (non-hydrogen) atoms. The van der Waals surface area contributed by atoms with Gasteiger partial charge in [0.05, 0.1) is 6.04 Å². The van der Waals surface area contributed by atoms with Crippen LogP contribution in [-0.2, 0) is 11.3 Å². The van der Waals surface area contributed by atoms with Crippen LogP contribution in [0.2, 0.25) is 5.02 Å². The van der Waals surface area contributed by atoms with Gasteiger partial charge in [-0.05, 0) is 61.9 Å². The number of benzene rings is 1. The number of likely N-dealkylation sites (tertiary alicyclic amines) is 1. The number of nitrogens with zero attached hydrogens (tertiary/aromatic N) is 1. The fourth-order valence-electron chi connectivity index (χ4n) is 3.19. The number of carbonyl (C=O) groups is 1. The number of amides is 1. The highest BCUT2D eigenvalue weighted by atomic mass is 35.5. The van der Waals surface area contributed by atoms with E-state index in [1.54, 1.807) is 0 Å². The molecule has 134 valence electrons. The van der Waals surface area contributed by atoms with E-state index in [0.717, 1.165) is 50.5 Å². The Hall–Kier alpha value is -1.10. The first-order chi connectivity index (χ1) is 11.4. The fraction of sp³-hybridized carbons (Fsp3) is 0.632. The molecule has 1 aromatic carbocycles. The molecule has 0 saturated carbocycles. The smallest absolute Gasteiger partial charge is 0.236 e. The predicted molar refractivity (Wildman–Crippen MR) is 99.9 cm³/mol. The van der Waals surface area contributed by atoms with Crippen molar-refractivity contribution in [3.8, 4) is 0 Å². The molecule has 2 rings (SSSR count). The summed E-state index contributed by atoms with van der Waals surface area (Å²) in [5.74, 6) is 0.996. The predicted octanol–water partition coefficient (Wildman–Crippen LogP) is 3.04. The summed E-state index contributed by atoms with van der Waals surface area (Å²) >= 11 is 5.93. The molecule has 1 unspecified atom stereocenters. The average Bonchev–Trinajstić information content (AvgIpc) is 2.55. The minimum Gasteiger partial charge on any atom is -0.354 e. The van der Waals surface area contributed by atoms with Gasteiger partial charge in [0.2, 0.25) is 5.91 Å². The lowest BCUT2D eigenvalue weighted by molar-refractivity contribution is -0.122. The highest BCUT2D eigenvalue weighted by Gasteiger charge is 2.21. The highest BCUT2D eigenvalue weighted by molar-refractivity contribution is 6.30. The van der Waals surface area contributed by atoms with Crippen molar-refractivity contribution in [3.63, 3.8) is 0 Å². The molecule has 0 spiro atoms. The maximum absolute atomic E-state index is 12.0. The fourth-order valence-corrected chi connectivity index (χ4v) is 3.31. The Kier molecular flexibility index (Phi) is 7.53. The summed E-state index contributed by atoms with van der Waals surface area (Å²) < 4.78 is 0. The van der Waals surface area contributed by atoms with Crippen LogP contribution in [0.5, 0.6) is 0 Å². The van der Waals surface area contributed by atoms with E-state index in [9.17, 15) is 4.79 Å². The molecule has 1 heterocycles. The third kappa shape index (κ3) is 6.42. The van der Waals surface area contributed by atoms with Crippen LogP contribution in [0.3, 0.4) is 0 Å². The zero-order valence-electron chi connectivity index (χ0n) is 14.8. The molecule has 1 aliphatic heterocycles. The molecule has 5 heteroatoms. The number of hydrogen-bond donors (Lipinski definition) is 2. The first kappa shape index (κ1) is 19.2. The van der Waals surface area contributed by atoms with E-state index in [0.29, 0.717) is 11.8 Å². The van der Waals surface area contributed by atoms with Gasteiger partial charge in [0.15, 0.2) is 0 Å². The van der Waals surface area contributed by atoms with Gasteiger partial charge in [-0.2, -0.15) is 0 Å². The summed E-state index contributed by atoms with van der Waals surface area (Å²) in [4.78, 5) is 14.5. The SMILES string of the molecule is CC(C)CC(N)C(=O)NCC1CCN(Cc2ccc(Cl)cc2)CC1. The van der Waals surface area contributed by atoms with E-state index in [2.05, 4.69) is 36.2 Å². The Labute approximate surface area is 150 Å². The van der Waals surface area contributed by atoms with Gasteiger partial charge in [-0.3, -0.25) is 9.69 Å². The molecule has 1 atom stereocenters. The summed E-state index contributed by atoms with van der Waals surface area (Å²) in [6.07, 6.45) is 2.98. The molecule has 1 saturated heterocycles. The van der Waals surface area contributed by atoms with Gasteiger partial charge in [-0.1, -0.05) is 37.6 Å². The third-order valence-corrected chi connectivity index (χ3v) is 4.91. The van der Waals surface area contributed by atoms with Gasteiger partial charge in [0.25, 0.3) is 0 Å². The number of piperidine rings is 1. The van der Waals surface area contributed by atoms with Crippen LogP contribution in [0.15, 0.2) is 24.3 Å². The lowest BCUT2D eigenvalue weighted by atomic mass is 9.96. The van der Waals surface area contributed by atoms with Gasteiger partial charge in [0.1, 0.15) is 0 Å². The summed E-state index contributed by atoms with van der Waals surface area (Å²) in [5.41, 5.74) is 7.22. The number of rotatable bonds is 7. The Morgan fingerprint density at radius 1 is 1.29 bits per heavy atom. The van der Waals surface area contributed by atoms with Crippen molar-refractivity contribution in [3.05, 3.63) is 34.9 Å². The molecule has 0 radical (unpaired) electrons. The topological polar surface area (TPSA) is 58.4 Å². The number of hydrogen-bond acceptors (Lipinski definition) is 3. The maximum atomic E-state index is 12.0. The van der Waals surface area contributed by atoms with Crippen molar-refractivity contribution in [2.45, 2.75) is 45.7 Å². The molecule has 0 aliphatic carbocycles. The monoisotopic (exact) mass is 351 g/mol. The third-order valence-electron chi connectivity index (χ3n) is 4.65. The average molecular weight is 352 g/mol. The Morgan fingerprint density at radius 3 is 2.50 bits per heavy atom. The molecule has 1 aromatic rings. The molecule has 3 N–H and O–H groups in total.